The van der Waals surface area contributed by atoms with E-state index in [1.54, 1.807) is 24.9 Å². The molecule has 4 heteroatoms. The Kier molecular flexibility index (Phi) is 4.57. The van der Waals surface area contributed by atoms with E-state index < -0.39 is 7.37 Å². The predicted molar refractivity (Wildman–Crippen MR) is 66.5 cm³/mol. The minimum absolute atomic E-state index is 0.120. The van der Waals surface area contributed by atoms with Crippen molar-refractivity contribution in [2.75, 3.05) is 19.4 Å². The van der Waals surface area contributed by atoms with Crippen LogP contribution in [0.4, 0.5) is 0 Å². The van der Waals surface area contributed by atoms with Gasteiger partial charge in [-0.2, -0.15) is 0 Å². The molecule has 0 fully saturated rings. The van der Waals surface area contributed by atoms with Gasteiger partial charge in [0.25, 0.3) is 0 Å². The average molecular weight is 242 g/mol. The summed E-state index contributed by atoms with van der Waals surface area (Å²) in [5, 5.41) is 9.36. The first-order valence-electron chi connectivity index (χ1n) is 5.44. The van der Waals surface area contributed by atoms with Crippen LogP contribution in [-0.4, -0.2) is 24.5 Å². The van der Waals surface area contributed by atoms with Gasteiger partial charge in [-0.15, -0.1) is 0 Å². The Bertz CT molecular complexity index is 390. The molecule has 0 aliphatic rings. The summed E-state index contributed by atoms with van der Waals surface area (Å²) in [6.45, 7) is 5.97. The second-order valence-electron chi connectivity index (χ2n) is 4.11. The monoisotopic (exact) mass is 242 g/mol. The van der Waals surface area contributed by atoms with Gasteiger partial charge in [0.05, 0.1) is 6.61 Å². The Labute approximate surface area is 96.9 Å². The summed E-state index contributed by atoms with van der Waals surface area (Å²) in [5.74, 6) is 0.362. The van der Waals surface area contributed by atoms with E-state index in [1.807, 2.05) is 19.9 Å². The van der Waals surface area contributed by atoms with E-state index in [0.717, 1.165) is 5.56 Å². The molecule has 0 saturated carbocycles. The van der Waals surface area contributed by atoms with Crippen LogP contribution in [0.15, 0.2) is 24.3 Å². The van der Waals surface area contributed by atoms with E-state index in [9.17, 15) is 9.67 Å². The van der Waals surface area contributed by atoms with Crippen molar-refractivity contribution in [3.63, 3.8) is 0 Å². The van der Waals surface area contributed by atoms with Crippen LogP contribution >= 0.6 is 7.37 Å². The molecule has 0 bridgehead atoms. The molecule has 2 atom stereocenters. The lowest BCUT2D eigenvalue weighted by Gasteiger charge is -2.18. The molecule has 3 nitrogen and oxygen atoms in total. The van der Waals surface area contributed by atoms with Gasteiger partial charge >= 0.3 is 0 Å². The van der Waals surface area contributed by atoms with Crippen molar-refractivity contribution < 1.29 is 14.2 Å². The summed E-state index contributed by atoms with van der Waals surface area (Å²) >= 11 is 0. The number of benzene rings is 1. The summed E-state index contributed by atoms with van der Waals surface area (Å²) in [7, 11) is -2.51. The zero-order valence-electron chi connectivity index (χ0n) is 10.0. The van der Waals surface area contributed by atoms with Crippen molar-refractivity contribution in [1.82, 2.24) is 0 Å². The van der Waals surface area contributed by atoms with E-state index in [4.69, 9.17) is 4.52 Å². The standard InChI is InChI=1S/C12H19O3P/c1-4-15-16(3,14)9-10(2)11-6-5-7-12(13)8-11/h5-8,10,13H,4,9H2,1-3H3. The number of hydrogen-bond acceptors (Lipinski definition) is 3. The van der Waals surface area contributed by atoms with Crippen molar-refractivity contribution in [2.45, 2.75) is 19.8 Å². The zero-order chi connectivity index (χ0) is 12.2. The van der Waals surface area contributed by atoms with Gasteiger partial charge in [-0.05, 0) is 30.5 Å². The Morgan fingerprint density at radius 1 is 1.50 bits per heavy atom. The number of phenolic OH excluding ortho intramolecular Hbond substituents is 1. The summed E-state index contributed by atoms with van der Waals surface area (Å²) in [6, 6.07) is 7.06. The topological polar surface area (TPSA) is 46.5 Å². The molecule has 0 spiro atoms. The van der Waals surface area contributed by atoms with Crippen LogP contribution in [0.5, 0.6) is 5.75 Å². The van der Waals surface area contributed by atoms with Crippen LogP contribution < -0.4 is 0 Å². The molecule has 0 aliphatic heterocycles. The van der Waals surface area contributed by atoms with Gasteiger partial charge < -0.3 is 9.63 Å². The maximum atomic E-state index is 12.0. The molecule has 2 unspecified atom stereocenters. The lowest BCUT2D eigenvalue weighted by Crippen LogP contribution is -2.03. The minimum Gasteiger partial charge on any atom is -0.508 e. The third-order valence-electron chi connectivity index (χ3n) is 2.45. The molecule has 0 aromatic heterocycles. The number of phenols is 1. The molecule has 90 valence electrons. The predicted octanol–water partition coefficient (Wildman–Crippen LogP) is 3.44. The average Bonchev–Trinajstić information content (AvgIpc) is 2.16. The second kappa shape index (κ2) is 5.51. The first kappa shape index (κ1) is 13.3. The van der Waals surface area contributed by atoms with Crippen molar-refractivity contribution in [3.05, 3.63) is 29.8 Å². The molecule has 0 saturated heterocycles. The van der Waals surface area contributed by atoms with E-state index in [0.29, 0.717) is 12.8 Å². The highest BCUT2D eigenvalue weighted by Gasteiger charge is 2.20. The van der Waals surface area contributed by atoms with E-state index in [1.165, 1.54) is 0 Å². The molecule has 0 amide bonds. The lowest BCUT2D eigenvalue weighted by atomic mass is 10.0. The van der Waals surface area contributed by atoms with Gasteiger partial charge in [0.15, 0.2) is 0 Å². The van der Waals surface area contributed by atoms with Crippen LogP contribution in [0.3, 0.4) is 0 Å². The maximum absolute atomic E-state index is 12.0. The lowest BCUT2D eigenvalue weighted by molar-refractivity contribution is 0.335. The van der Waals surface area contributed by atoms with Crippen LogP contribution in [-0.2, 0) is 9.09 Å². The second-order valence-corrected chi connectivity index (χ2v) is 6.76. The first-order chi connectivity index (χ1) is 7.44. The molecule has 1 rings (SSSR count). The normalized spacial score (nSPS) is 16.7. The molecule has 1 aromatic rings. The number of aromatic hydroxyl groups is 1. The molecule has 1 N–H and O–H groups in total. The van der Waals surface area contributed by atoms with Crippen LogP contribution in [0, 0.1) is 0 Å². The molecule has 16 heavy (non-hydrogen) atoms. The highest BCUT2D eigenvalue weighted by molar-refractivity contribution is 7.58. The van der Waals surface area contributed by atoms with Gasteiger partial charge in [-0.3, -0.25) is 4.57 Å². The fraction of sp³-hybridized carbons (Fsp3) is 0.500. The van der Waals surface area contributed by atoms with Gasteiger partial charge in [0.1, 0.15) is 5.75 Å². The summed E-state index contributed by atoms with van der Waals surface area (Å²) < 4.78 is 17.2. The largest absolute Gasteiger partial charge is 0.508 e. The highest BCUT2D eigenvalue weighted by atomic mass is 31.2. The molecule has 1 aromatic carbocycles. The number of hydrogen-bond donors (Lipinski definition) is 1. The van der Waals surface area contributed by atoms with Crippen LogP contribution in [0.2, 0.25) is 0 Å². The number of rotatable bonds is 5. The molecule has 0 heterocycles. The molecular formula is C12H19O3P. The Morgan fingerprint density at radius 2 is 2.19 bits per heavy atom. The van der Waals surface area contributed by atoms with Crippen molar-refractivity contribution in [1.29, 1.82) is 0 Å². The zero-order valence-corrected chi connectivity index (χ0v) is 10.9. The summed E-state index contributed by atoms with van der Waals surface area (Å²) in [6.07, 6.45) is 0.504. The van der Waals surface area contributed by atoms with Crippen molar-refractivity contribution in [3.8, 4) is 5.75 Å². The van der Waals surface area contributed by atoms with Crippen molar-refractivity contribution in [2.24, 2.45) is 0 Å². The van der Waals surface area contributed by atoms with E-state index >= 15 is 0 Å². The summed E-state index contributed by atoms with van der Waals surface area (Å²) in [5.41, 5.74) is 0.988. The van der Waals surface area contributed by atoms with Crippen LogP contribution in [0.1, 0.15) is 25.3 Å². The van der Waals surface area contributed by atoms with E-state index in [-0.39, 0.29) is 11.7 Å². The SMILES string of the molecule is CCOP(C)(=O)CC(C)c1cccc(O)c1. The summed E-state index contributed by atoms with van der Waals surface area (Å²) in [4.78, 5) is 0. The third-order valence-corrected chi connectivity index (χ3v) is 4.46. The van der Waals surface area contributed by atoms with Gasteiger partial charge in [0, 0.05) is 12.8 Å². The Morgan fingerprint density at radius 3 is 2.75 bits per heavy atom. The Balaban J connectivity index is 2.72. The molecular weight excluding hydrogens is 223 g/mol. The fourth-order valence-electron chi connectivity index (χ4n) is 1.76. The van der Waals surface area contributed by atoms with Gasteiger partial charge in [0.2, 0.25) is 7.37 Å². The first-order valence-corrected chi connectivity index (χ1v) is 7.70. The molecule has 0 aliphatic carbocycles. The van der Waals surface area contributed by atoms with Crippen LogP contribution in [0.25, 0.3) is 0 Å². The smallest absolute Gasteiger partial charge is 0.200 e. The van der Waals surface area contributed by atoms with E-state index in [2.05, 4.69) is 0 Å². The van der Waals surface area contributed by atoms with Crippen molar-refractivity contribution >= 4 is 7.37 Å². The maximum Gasteiger partial charge on any atom is 0.200 e. The Hall–Kier alpha value is -0.790. The van der Waals surface area contributed by atoms with Gasteiger partial charge in [-0.25, -0.2) is 0 Å². The minimum atomic E-state index is -2.51. The third kappa shape index (κ3) is 3.99. The van der Waals surface area contributed by atoms with Gasteiger partial charge in [-0.1, -0.05) is 19.1 Å². The quantitative estimate of drug-likeness (QED) is 0.804. The fourth-order valence-corrected chi connectivity index (χ4v) is 3.62. The highest BCUT2D eigenvalue weighted by Crippen LogP contribution is 2.46. The molecule has 0 radical (unpaired) electrons.